The van der Waals surface area contributed by atoms with E-state index >= 15 is 0 Å². The molecule has 1 aliphatic heterocycles. The van der Waals surface area contributed by atoms with Crippen molar-refractivity contribution < 1.29 is 9.18 Å². The Morgan fingerprint density at radius 2 is 2.00 bits per heavy atom. The number of benzene rings is 1. The van der Waals surface area contributed by atoms with Crippen molar-refractivity contribution in [1.29, 1.82) is 0 Å². The summed E-state index contributed by atoms with van der Waals surface area (Å²) >= 11 is 0. The monoisotopic (exact) mass is 385 g/mol. The molecule has 0 spiro atoms. The molecule has 1 saturated carbocycles. The van der Waals surface area contributed by atoms with Crippen LogP contribution in [0.15, 0.2) is 24.3 Å². The predicted molar refractivity (Wildman–Crippen MR) is 102 cm³/mol. The van der Waals surface area contributed by atoms with Gasteiger partial charge in [-0.05, 0) is 56.5 Å². The van der Waals surface area contributed by atoms with Crippen molar-refractivity contribution in [1.82, 2.24) is 15.6 Å². The lowest BCUT2D eigenvalue weighted by atomic mass is 10.0. The van der Waals surface area contributed by atoms with Crippen molar-refractivity contribution in [3.8, 4) is 0 Å². The lowest BCUT2D eigenvalue weighted by molar-refractivity contribution is 0.0932. The van der Waals surface area contributed by atoms with Gasteiger partial charge in [-0.15, -0.1) is 24.8 Å². The van der Waals surface area contributed by atoms with Crippen molar-refractivity contribution in [2.75, 3.05) is 13.1 Å². The van der Waals surface area contributed by atoms with Crippen LogP contribution in [0.3, 0.4) is 0 Å². The lowest BCUT2D eigenvalue weighted by Crippen LogP contribution is -2.45. The Bertz CT molecular complexity index is 761. The molecule has 4 rings (SSSR count). The average Bonchev–Trinajstić information content (AvgIpc) is 3.39. The zero-order chi connectivity index (χ0) is 15.8. The number of fused-ring (bicyclic) bond motifs is 1. The van der Waals surface area contributed by atoms with Gasteiger partial charge in [-0.2, -0.15) is 0 Å². The van der Waals surface area contributed by atoms with Gasteiger partial charge in [0.1, 0.15) is 5.82 Å². The third-order valence-corrected chi connectivity index (χ3v) is 4.66. The summed E-state index contributed by atoms with van der Waals surface area (Å²) in [6.45, 7) is 1.79. The Hall–Kier alpha value is -1.43. The van der Waals surface area contributed by atoms with E-state index in [1.54, 1.807) is 6.07 Å². The zero-order valence-electron chi connectivity index (χ0n) is 13.8. The average molecular weight is 386 g/mol. The molecule has 2 heterocycles. The third kappa shape index (κ3) is 4.40. The van der Waals surface area contributed by atoms with Gasteiger partial charge >= 0.3 is 0 Å². The molecule has 1 aromatic carbocycles. The van der Waals surface area contributed by atoms with E-state index in [4.69, 9.17) is 0 Å². The summed E-state index contributed by atoms with van der Waals surface area (Å²) in [7, 11) is 0. The van der Waals surface area contributed by atoms with Gasteiger partial charge in [0.25, 0.3) is 5.91 Å². The molecule has 1 unspecified atom stereocenters. The summed E-state index contributed by atoms with van der Waals surface area (Å²) in [5.74, 6) is -0.0159. The van der Waals surface area contributed by atoms with Crippen LogP contribution in [-0.4, -0.2) is 30.0 Å². The van der Waals surface area contributed by atoms with Gasteiger partial charge in [0, 0.05) is 29.6 Å². The molecule has 1 amide bonds. The first-order valence-corrected chi connectivity index (χ1v) is 8.32. The molecule has 2 fully saturated rings. The van der Waals surface area contributed by atoms with Crippen LogP contribution in [0.1, 0.15) is 47.7 Å². The van der Waals surface area contributed by atoms with E-state index in [0.29, 0.717) is 22.4 Å². The molecule has 1 aliphatic carbocycles. The van der Waals surface area contributed by atoms with E-state index in [2.05, 4.69) is 15.6 Å². The van der Waals surface area contributed by atoms with E-state index in [1.807, 2.05) is 6.07 Å². The van der Waals surface area contributed by atoms with Crippen molar-refractivity contribution in [3.05, 3.63) is 41.3 Å². The molecule has 2 aliphatic rings. The van der Waals surface area contributed by atoms with Crippen LogP contribution in [0.25, 0.3) is 10.9 Å². The standard InChI is InChI=1S/C18H20FN3O.2ClH/c19-12-5-6-16-14(8-12)15(9-17(22-16)11-3-4-11)18(23)21-13-2-1-7-20-10-13;;/h5-6,8-9,11,13,20H,1-4,7,10H2,(H,21,23);2*1H. The number of hydrogen-bond donors (Lipinski definition) is 2. The van der Waals surface area contributed by atoms with Gasteiger partial charge in [-0.3, -0.25) is 9.78 Å². The van der Waals surface area contributed by atoms with Crippen molar-refractivity contribution in [3.63, 3.8) is 0 Å². The first kappa shape index (κ1) is 19.9. The molecule has 2 aromatic rings. The van der Waals surface area contributed by atoms with E-state index in [1.165, 1.54) is 12.1 Å². The summed E-state index contributed by atoms with van der Waals surface area (Å²) < 4.78 is 13.6. The van der Waals surface area contributed by atoms with Crippen LogP contribution >= 0.6 is 24.8 Å². The summed E-state index contributed by atoms with van der Waals surface area (Å²) in [4.78, 5) is 17.4. The maximum Gasteiger partial charge on any atom is 0.252 e. The van der Waals surface area contributed by atoms with Gasteiger partial charge in [0.15, 0.2) is 0 Å². The first-order valence-electron chi connectivity index (χ1n) is 8.32. The minimum atomic E-state index is -0.341. The molecule has 4 nitrogen and oxygen atoms in total. The minimum absolute atomic E-state index is 0. The molecule has 7 heteroatoms. The number of carbonyl (C=O) groups is 1. The molecule has 1 atom stereocenters. The molecule has 0 bridgehead atoms. The van der Waals surface area contributed by atoms with Gasteiger partial charge in [-0.25, -0.2) is 4.39 Å². The summed E-state index contributed by atoms with van der Waals surface area (Å²) in [6, 6.07) is 6.46. The van der Waals surface area contributed by atoms with Gasteiger partial charge < -0.3 is 10.6 Å². The number of halogens is 3. The Morgan fingerprint density at radius 1 is 1.20 bits per heavy atom. The SMILES string of the molecule is Cl.Cl.O=C(NC1CCCNC1)c1cc(C2CC2)nc2ccc(F)cc12. The van der Waals surface area contributed by atoms with Crippen LogP contribution < -0.4 is 10.6 Å². The fraction of sp³-hybridized carbons (Fsp3) is 0.444. The van der Waals surface area contributed by atoms with Gasteiger partial charge in [0.05, 0.1) is 11.1 Å². The highest BCUT2D eigenvalue weighted by Gasteiger charge is 2.27. The number of aromatic nitrogens is 1. The molecular weight excluding hydrogens is 364 g/mol. The van der Waals surface area contributed by atoms with E-state index in [9.17, 15) is 9.18 Å². The van der Waals surface area contributed by atoms with Crippen molar-refractivity contribution in [2.24, 2.45) is 0 Å². The second-order valence-electron chi connectivity index (χ2n) is 6.55. The lowest BCUT2D eigenvalue weighted by Gasteiger charge is -2.24. The minimum Gasteiger partial charge on any atom is -0.348 e. The number of amides is 1. The van der Waals surface area contributed by atoms with Crippen LogP contribution in [-0.2, 0) is 0 Å². The van der Waals surface area contributed by atoms with Crippen LogP contribution in [0.2, 0.25) is 0 Å². The van der Waals surface area contributed by atoms with Crippen LogP contribution in [0.5, 0.6) is 0 Å². The van der Waals surface area contributed by atoms with Gasteiger partial charge in [0.2, 0.25) is 0 Å². The quantitative estimate of drug-likeness (QED) is 0.848. The molecule has 25 heavy (non-hydrogen) atoms. The Balaban J connectivity index is 0.00000113. The normalized spacial score (nSPS) is 19.6. The highest BCUT2D eigenvalue weighted by molar-refractivity contribution is 6.06. The largest absolute Gasteiger partial charge is 0.348 e. The number of nitrogens with one attached hydrogen (secondary N) is 2. The van der Waals surface area contributed by atoms with E-state index in [-0.39, 0.29) is 42.6 Å². The molecule has 1 aromatic heterocycles. The number of hydrogen-bond acceptors (Lipinski definition) is 3. The predicted octanol–water partition coefficient (Wildman–Crippen LogP) is 3.58. The fourth-order valence-corrected chi connectivity index (χ4v) is 3.23. The number of piperidine rings is 1. The highest BCUT2D eigenvalue weighted by atomic mass is 35.5. The first-order chi connectivity index (χ1) is 11.2. The zero-order valence-corrected chi connectivity index (χ0v) is 15.4. The Morgan fingerprint density at radius 3 is 2.68 bits per heavy atom. The molecule has 1 saturated heterocycles. The van der Waals surface area contributed by atoms with Gasteiger partial charge in [-0.1, -0.05) is 0 Å². The second kappa shape index (κ2) is 8.30. The topological polar surface area (TPSA) is 54.0 Å². The maximum absolute atomic E-state index is 13.6. The number of nitrogens with zero attached hydrogens (tertiary/aromatic N) is 1. The fourth-order valence-electron chi connectivity index (χ4n) is 3.23. The third-order valence-electron chi connectivity index (χ3n) is 4.66. The number of pyridine rings is 1. The maximum atomic E-state index is 13.6. The smallest absolute Gasteiger partial charge is 0.252 e. The Kier molecular flexibility index (Phi) is 6.60. The van der Waals surface area contributed by atoms with Crippen molar-refractivity contribution >= 4 is 41.6 Å². The summed E-state index contributed by atoms with van der Waals surface area (Å²) in [5.41, 5.74) is 2.20. The summed E-state index contributed by atoms with van der Waals surface area (Å²) in [5, 5.41) is 6.97. The molecule has 2 N–H and O–H groups in total. The van der Waals surface area contributed by atoms with E-state index < -0.39 is 0 Å². The van der Waals surface area contributed by atoms with E-state index in [0.717, 1.165) is 44.5 Å². The Labute approximate surface area is 158 Å². The van der Waals surface area contributed by atoms with Crippen LogP contribution in [0, 0.1) is 5.82 Å². The molecule has 136 valence electrons. The number of rotatable bonds is 3. The molecule has 0 radical (unpaired) electrons. The highest BCUT2D eigenvalue weighted by Crippen LogP contribution is 2.40. The number of carbonyl (C=O) groups excluding carboxylic acids is 1. The van der Waals surface area contributed by atoms with Crippen LogP contribution in [0.4, 0.5) is 4.39 Å². The van der Waals surface area contributed by atoms with Crippen molar-refractivity contribution in [2.45, 2.75) is 37.6 Å². The summed E-state index contributed by atoms with van der Waals surface area (Å²) in [6.07, 6.45) is 4.27. The second-order valence-corrected chi connectivity index (χ2v) is 6.55. The molecular formula is C18H22Cl2FN3O.